The van der Waals surface area contributed by atoms with Crippen molar-refractivity contribution in [3.63, 3.8) is 0 Å². The molecule has 3 aromatic rings. The molecule has 0 aliphatic heterocycles. The van der Waals surface area contributed by atoms with E-state index in [2.05, 4.69) is 15.4 Å². The first-order valence-corrected chi connectivity index (χ1v) is 6.86. The Bertz CT molecular complexity index is 772. The Morgan fingerprint density at radius 1 is 1.36 bits per heavy atom. The van der Waals surface area contributed by atoms with E-state index in [9.17, 15) is 4.79 Å². The summed E-state index contributed by atoms with van der Waals surface area (Å²) in [7, 11) is 1.70. The molecule has 0 spiro atoms. The average molecular weight is 300 g/mol. The summed E-state index contributed by atoms with van der Waals surface area (Å²) in [6.45, 7) is 3.73. The Morgan fingerprint density at radius 3 is 2.82 bits per heavy atom. The Labute approximate surface area is 126 Å². The van der Waals surface area contributed by atoms with Gasteiger partial charge in [0.25, 0.3) is 5.91 Å². The number of rotatable bonds is 4. The normalized spacial score (nSPS) is 12.3. The SMILES string of the molecule is Cc1ccc(-c2cc(C(=O)N(C)C(C)c3ccon3)n[nH]2)o1. The van der Waals surface area contributed by atoms with Crippen LogP contribution in [0.2, 0.25) is 0 Å². The van der Waals surface area contributed by atoms with Gasteiger partial charge in [-0.2, -0.15) is 5.10 Å². The molecule has 0 fully saturated rings. The van der Waals surface area contributed by atoms with Crippen molar-refractivity contribution in [1.29, 1.82) is 0 Å². The molecule has 0 aliphatic carbocycles. The van der Waals surface area contributed by atoms with Crippen molar-refractivity contribution in [1.82, 2.24) is 20.3 Å². The number of furan rings is 1. The zero-order chi connectivity index (χ0) is 15.7. The molecule has 0 aromatic carbocycles. The van der Waals surface area contributed by atoms with Crippen molar-refractivity contribution in [3.8, 4) is 11.5 Å². The lowest BCUT2D eigenvalue weighted by Crippen LogP contribution is -2.30. The van der Waals surface area contributed by atoms with E-state index in [1.54, 1.807) is 24.1 Å². The fraction of sp³-hybridized carbons (Fsp3) is 0.267. The topological polar surface area (TPSA) is 88.2 Å². The zero-order valence-electron chi connectivity index (χ0n) is 12.5. The minimum Gasteiger partial charge on any atom is -0.460 e. The van der Waals surface area contributed by atoms with Gasteiger partial charge in [0.15, 0.2) is 11.5 Å². The van der Waals surface area contributed by atoms with E-state index in [4.69, 9.17) is 8.94 Å². The van der Waals surface area contributed by atoms with E-state index in [1.807, 2.05) is 26.0 Å². The van der Waals surface area contributed by atoms with Crippen LogP contribution in [0.3, 0.4) is 0 Å². The summed E-state index contributed by atoms with van der Waals surface area (Å²) in [6.07, 6.45) is 1.48. The standard InChI is InChI=1S/C15H16N4O3/c1-9-4-5-14(22-9)12-8-13(17-16-12)15(20)19(3)10(2)11-6-7-21-18-11/h4-8,10H,1-3H3,(H,16,17). The summed E-state index contributed by atoms with van der Waals surface area (Å²) in [5.74, 6) is 1.24. The lowest BCUT2D eigenvalue weighted by molar-refractivity contribution is 0.0731. The molecule has 1 unspecified atom stereocenters. The van der Waals surface area contributed by atoms with Crippen LogP contribution < -0.4 is 0 Å². The molecule has 3 heterocycles. The number of carbonyl (C=O) groups excluding carboxylic acids is 1. The quantitative estimate of drug-likeness (QED) is 0.800. The highest BCUT2D eigenvalue weighted by molar-refractivity contribution is 5.93. The maximum atomic E-state index is 12.5. The van der Waals surface area contributed by atoms with Gasteiger partial charge in [-0.15, -0.1) is 0 Å². The highest BCUT2D eigenvalue weighted by atomic mass is 16.5. The molecule has 0 saturated heterocycles. The number of carbonyl (C=O) groups is 1. The van der Waals surface area contributed by atoms with Crippen LogP contribution in [-0.2, 0) is 0 Å². The lowest BCUT2D eigenvalue weighted by atomic mass is 10.2. The van der Waals surface area contributed by atoms with Crippen LogP contribution in [0.25, 0.3) is 11.5 Å². The second-order valence-corrected chi connectivity index (χ2v) is 5.09. The first kappa shape index (κ1) is 14.1. The van der Waals surface area contributed by atoms with Gasteiger partial charge in [0.1, 0.15) is 23.4 Å². The molecule has 3 rings (SSSR count). The van der Waals surface area contributed by atoms with Crippen LogP contribution in [0.1, 0.15) is 34.9 Å². The summed E-state index contributed by atoms with van der Waals surface area (Å²) in [6, 6.07) is 6.88. The largest absolute Gasteiger partial charge is 0.460 e. The van der Waals surface area contributed by atoms with Crippen molar-refractivity contribution < 1.29 is 13.7 Å². The maximum Gasteiger partial charge on any atom is 0.274 e. The van der Waals surface area contributed by atoms with E-state index < -0.39 is 0 Å². The third-order valence-corrected chi connectivity index (χ3v) is 3.59. The van der Waals surface area contributed by atoms with Gasteiger partial charge in [-0.3, -0.25) is 9.89 Å². The molecule has 114 valence electrons. The molecule has 1 atom stereocenters. The van der Waals surface area contributed by atoms with E-state index in [-0.39, 0.29) is 11.9 Å². The van der Waals surface area contributed by atoms with Crippen LogP contribution in [0.5, 0.6) is 0 Å². The third-order valence-electron chi connectivity index (χ3n) is 3.59. The molecule has 7 heteroatoms. The van der Waals surface area contributed by atoms with Gasteiger partial charge in [0.05, 0.1) is 6.04 Å². The summed E-state index contributed by atoms with van der Waals surface area (Å²) in [4.78, 5) is 14.0. The Kier molecular flexibility index (Phi) is 3.54. The van der Waals surface area contributed by atoms with Gasteiger partial charge in [-0.25, -0.2) is 0 Å². The monoisotopic (exact) mass is 300 g/mol. The van der Waals surface area contributed by atoms with Crippen LogP contribution >= 0.6 is 0 Å². The van der Waals surface area contributed by atoms with E-state index in [0.29, 0.717) is 22.8 Å². The number of aryl methyl sites for hydroxylation is 1. The molecule has 1 amide bonds. The van der Waals surface area contributed by atoms with Gasteiger partial charge in [0.2, 0.25) is 0 Å². The summed E-state index contributed by atoms with van der Waals surface area (Å²) < 4.78 is 10.3. The van der Waals surface area contributed by atoms with Gasteiger partial charge < -0.3 is 13.8 Å². The number of nitrogens with one attached hydrogen (secondary N) is 1. The molecule has 0 saturated carbocycles. The fourth-order valence-corrected chi connectivity index (χ4v) is 2.13. The molecule has 3 aromatic heterocycles. The van der Waals surface area contributed by atoms with Crippen molar-refractivity contribution in [2.24, 2.45) is 0 Å². The molecular formula is C15H16N4O3. The number of nitrogens with zero attached hydrogens (tertiary/aromatic N) is 3. The van der Waals surface area contributed by atoms with E-state index >= 15 is 0 Å². The average Bonchev–Trinajstić information content (AvgIpc) is 3.24. The first-order valence-electron chi connectivity index (χ1n) is 6.86. The summed E-state index contributed by atoms with van der Waals surface area (Å²) >= 11 is 0. The van der Waals surface area contributed by atoms with Crippen molar-refractivity contribution >= 4 is 5.91 Å². The number of aromatic nitrogens is 3. The van der Waals surface area contributed by atoms with Gasteiger partial charge in [0, 0.05) is 19.2 Å². The summed E-state index contributed by atoms with van der Waals surface area (Å²) in [5.41, 5.74) is 1.68. The van der Waals surface area contributed by atoms with Gasteiger partial charge >= 0.3 is 0 Å². The number of hydrogen-bond donors (Lipinski definition) is 1. The summed E-state index contributed by atoms with van der Waals surface area (Å²) in [5, 5.41) is 10.7. The molecule has 0 bridgehead atoms. The van der Waals surface area contributed by atoms with E-state index in [0.717, 1.165) is 5.76 Å². The number of H-pyrrole nitrogens is 1. The van der Waals surface area contributed by atoms with Crippen molar-refractivity contribution in [3.05, 3.63) is 47.7 Å². The minimum absolute atomic E-state index is 0.207. The second-order valence-electron chi connectivity index (χ2n) is 5.09. The van der Waals surface area contributed by atoms with Gasteiger partial charge in [-0.1, -0.05) is 5.16 Å². The van der Waals surface area contributed by atoms with Crippen molar-refractivity contribution in [2.45, 2.75) is 19.9 Å². The predicted molar refractivity (Wildman–Crippen MR) is 78.0 cm³/mol. The zero-order valence-corrected chi connectivity index (χ0v) is 12.5. The minimum atomic E-state index is -0.211. The number of amides is 1. The van der Waals surface area contributed by atoms with E-state index in [1.165, 1.54) is 6.26 Å². The van der Waals surface area contributed by atoms with Crippen LogP contribution in [0, 0.1) is 6.92 Å². The molecule has 22 heavy (non-hydrogen) atoms. The maximum absolute atomic E-state index is 12.5. The van der Waals surface area contributed by atoms with Crippen LogP contribution in [0.4, 0.5) is 0 Å². The smallest absolute Gasteiger partial charge is 0.274 e. The molecule has 0 aliphatic rings. The first-order chi connectivity index (χ1) is 10.6. The molecule has 1 N–H and O–H groups in total. The highest BCUT2D eigenvalue weighted by Crippen LogP contribution is 2.23. The second kappa shape index (κ2) is 5.51. The van der Waals surface area contributed by atoms with Crippen LogP contribution in [-0.4, -0.2) is 33.2 Å². The van der Waals surface area contributed by atoms with Crippen molar-refractivity contribution in [2.75, 3.05) is 7.05 Å². The van der Waals surface area contributed by atoms with Crippen LogP contribution in [0.15, 0.2) is 39.5 Å². The molecular weight excluding hydrogens is 284 g/mol. The Morgan fingerprint density at radius 2 is 2.18 bits per heavy atom. The van der Waals surface area contributed by atoms with Gasteiger partial charge in [-0.05, 0) is 26.0 Å². The highest BCUT2D eigenvalue weighted by Gasteiger charge is 2.23. The fourth-order valence-electron chi connectivity index (χ4n) is 2.13. The third kappa shape index (κ3) is 2.52. The number of hydrogen-bond acceptors (Lipinski definition) is 5. The number of aromatic amines is 1. The lowest BCUT2D eigenvalue weighted by Gasteiger charge is -2.21. The Balaban J connectivity index is 1.79. The molecule has 0 radical (unpaired) electrons. The Hall–Kier alpha value is -2.83. The molecule has 7 nitrogen and oxygen atoms in total. The predicted octanol–water partition coefficient (Wildman–Crippen LogP) is 2.80.